The second-order valence-electron chi connectivity index (χ2n) is 3.05. The number of nitrogens with two attached hydrogens (primary N) is 1. The quantitative estimate of drug-likeness (QED) is 0.739. The van der Waals surface area contributed by atoms with Crippen LogP contribution in [0.25, 0.3) is 0 Å². The fourth-order valence-corrected chi connectivity index (χ4v) is 1.35. The van der Waals surface area contributed by atoms with Crippen LogP contribution >= 0.6 is 0 Å². The van der Waals surface area contributed by atoms with Crippen LogP contribution in [-0.2, 0) is 6.54 Å². The number of hydrogen-bond acceptors (Lipinski definition) is 1. The van der Waals surface area contributed by atoms with Gasteiger partial charge >= 0.3 is 0 Å². The Hall–Kier alpha value is -1.70. The fraction of sp³-hybridized carbons (Fsp3) is 0.0909. The van der Waals surface area contributed by atoms with Crippen LogP contribution in [0.3, 0.4) is 0 Å². The molecule has 0 saturated carbocycles. The van der Waals surface area contributed by atoms with Gasteiger partial charge in [0.15, 0.2) is 0 Å². The van der Waals surface area contributed by atoms with E-state index in [9.17, 15) is 0 Å². The summed E-state index contributed by atoms with van der Waals surface area (Å²) in [6.07, 6.45) is 1.99. The molecule has 1 aromatic heterocycles. The van der Waals surface area contributed by atoms with E-state index in [0.29, 0.717) is 0 Å². The molecule has 0 atom stereocenters. The predicted octanol–water partition coefficient (Wildman–Crippen LogP) is 2.12. The fourth-order valence-electron chi connectivity index (χ4n) is 1.35. The van der Waals surface area contributed by atoms with E-state index in [4.69, 9.17) is 5.73 Å². The first-order valence-electron chi connectivity index (χ1n) is 4.31. The van der Waals surface area contributed by atoms with Crippen molar-refractivity contribution in [2.75, 3.05) is 5.73 Å². The van der Waals surface area contributed by atoms with Crippen molar-refractivity contribution >= 4 is 5.82 Å². The number of hydrogen-bond donors (Lipinski definition) is 1. The Morgan fingerprint density at radius 3 is 2.38 bits per heavy atom. The highest BCUT2D eigenvalue weighted by Crippen LogP contribution is 2.08. The van der Waals surface area contributed by atoms with E-state index < -0.39 is 0 Å². The third-order valence-corrected chi connectivity index (χ3v) is 2.06. The summed E-state index contributed by atoms with van der Waals surface area (Å²) >= 11 is 0. The van der Waals surface area contributed by atoms with Crippen molar-refractivity contribution < 1.29 is 0 Å². The summed E-state index contributed by atoms with van der Waals surface area (Å²) in [4.78, 5) is 0. The molecule has 0 bridgehead atoms. The predicted molar refractivity (Wildman–Crippen MR) is 54.4 cm³/mol. The lowest BCUT2D eigenvalue weighted by atomic mass is 10.2. The number of anilines is 1. The molecule has 2 heteroatoms. The summed E-state index contributed by atoms with van der Waals surface area (Å²) < 4.78 is 2.02. The zero-order valence-electron chi connectivity index (χ0n) is 7.35. The maximum atomic E-state index is 5.75. The highest BCUT2D eigenvalue weighted by molar-refractivity contribution is 5.31. The Labute approximate surface area is 77.6 Å². The smallest absolute Gasteiger partial charge is 0.103 e. The lowest BCUT2D eigenvalue weighted by molar-refractivity contribution is 0.817. The van der Waals surface area contributed by atoms with Crippen molar-refractivity contribution in [1.29, 1.82) is 0 Å². The van der Waals surface area contributed by atoms with Gasteiger partial charge in [-0.05, 0) is 17.7 Å². The van der Waals surface area contributed by atoms with Gasteiger partial charge in [0.25, 0.3) is 0 Å². The summed E-state index contributed by atoms with van der Waals surface area (Å²) in [6.45, 7) is 0.847. The Morgan fingerprint density at radius 2 is 1.77 bits per heavy atom. The molecular weight excluding hydrogens is 160 g/mol. The van der Waals surface area contributed by atoms with Gasteiger partial charge in [-0.25, -0.2) is 0 Å². The lowest BCUT2D eigenvalue weighted by Crippen LogP contribution is -2.01. The average molecular weight is 172 g/mol. The van der Waals surface area contributed by atoms with Gasteiger partial charge < -0.3 is 10.3 Å². The minimum atomic E-state index is 0.809. The molecule has 2 nitrogen and oxygen atoms in total. The van der Waals surface area contributed by atoms with Gasteiger partial charge in [-0.1, -0.05) is 30.3 Å². The first-order chi connectivity index (χ1) is 6.36. The van der Waals surface area contributed by atoms with E-state index in [2.05, 4.69) is 12.1 Å². The molecule has 0 fully saturated rings. The van der Waals surface area contributed by atoms with Crippen molar-refractivity contribution in [1.82, 2.24) is 4.57 Å². The molecule has 1 heterocycles. The van der Waals surface area contributed by atoms with Crippen LogP contribution in [0.1, 0.15) is 5.56 Å². The molecule has 0 radical (unpaired) electrons. The monoisotopic (exact) mass is 172 g/mol. The normalized spacial score (nSPS) is 10.2. The van der Waals surface area contributed by atoms with E-state index in [0.717, 1.165) is 12.4 Å². The second kappa shape index (κ2) is 3.35. The molecule has 13 heavy (non-hydrogen) atoms. The molecule has 0 aliphatic heterocycles. The van der Waals surface area contributed by atoms with Crippen LogP contribution in [-0.4, -0.2) is 4.57 Å². The second-order valence-corrected chi connectivity index (χ2v) is 3.05. The highest BCUT2D eigenvalue weighted by atomic mass is 15.0. The largest absolute Gasteiger partial charge is 0.385 e. The number of rotatable bonds is 2. The van der Waals surface area contributed by atoms with Gasteiger partial charge in [0.2, 0.25) is 0 Å². The number of aromatic nitrogens is 1. The number of benzene rings is 1. The van der Waals surface area contributed by atoms with E-state index in [1.165, 1.54) is 5.56 Å². The third kappa shape index (κ3) is 1.72. The van der Waals surface area contributed by atoms with Gasteiger partial charge in [0, 0.05) is 12.7 Å². The molecule has 0 spiro atoms. The van der Waals surface area contributed by atoms with E-state index in [1.54, 1.807) is 0 Å². The molecule has 0 aliphatic carbocycles. The summed E-state index contributed by atoms with van der Waals surface area (Å²) in [5, 5.41) is 0. The number of nitrogen functional groups attached to an aromatic ring is 1. The standard InChI is InChI=1S/C11H12N2/c12-11-7-4-8-13(11)9-10-5-2-1-3-6-10/h1-8H,9,12H2. The molecule has 2 N–H and O–H groups in total. The van der Waals surface area contributed by atoms with Crippen LogP contribution in [0, 0.1) is 0 Å². The molecule has 0 amide bonds. The van der Waals surface area contributed by atoms with Gasteiger partial charge in [-0.15, -0.1) is 0 Å². The first-order valence-corrected chi connectivity index (χ1v) is 4.31. The van der Waals surface area contributed by atoms with Crippen molar-refractivity contribution in [3.8, 4) is 0 Å². The van der Waals surface area contributed by atoms with E-state index >= 15 is 0 Å². The molecule has 2 rings (SSSR count). The summed E-state index contributed by atoms with van der Waals surface area (Å²) in [6, 6.07) is 14.1. The van der Waals surface area contributed by atoms with Crippen molar-refractivity contribution in [2.45, 2.75) is 6.54 Å². The average Bonchev–Trinajstić information content (AvgIpc) is 2.54. The SMILES string of the molecule is Nc1cccn1Cc1ccccc1. The summed E-state index contributed by atoms with van der Waals surface area (Å²) in [7, 11) is 0. The molecule has 0 unspecified atom stereocenters. The van der Waals surface area contributed by atoms with Crippen LogP contribution < -0.4 is 5.73 Å². The lowest BCUT2D eigenvalue weighted by Gasteiger charge is -2.04. The summed E-state index contributed by atoms with van der Waals surface area (Å²) in [5.74, 6) is 0.809. The van der Waals surface area contributed by atoms with E-state index in [1.807, 2.05) is 41.1 Å². The molecule has 0 saturated heterocycles. The number of nitrogens with zero attached hydrogens (tertiary/aromatic N) is 1. The van der Waals surface area contributed by atoms with Crippen molar-refractivity contribution in [3.63, 3.8) is 0 Å². The minimum Gasteiger partial charge on any atom is -0.385 e. The van der Waals surface area contributed by atoms with Crippen LogP contribution in [0.5, 0.6) is 0 Å². The zero-order chi connectivity index (χ0) is 9.10. The topological polar surface area (TPSA) is 30.9 Å². The maximum Gasteiger partial charge on any atom is 0.103 e. The minimum absolute atomic E-state index is 0.809. The van der Waals surface area contributed by atoms with Gasteiger partial charge in [0.1, 0.15) is 5.82 Å². The van der Waals surface area contributed by atoms with Gasteiger partial charge in [-0.2, -0.15) is 0 Å². The van der Waals surface area contributed by atoms with Crippen LogP contribution in [0.15, 0.2) is 48.7 Å². The van der Waals surface area contributed by atoms with Gasteiger partial charge in [-0.3, -0.25) is 0 Å². The van der Waals surface area contributed by atoms with E-state index in [-0.39, 0.29) is 0 Å². The Kier molecular flexibility index (Phi) is 2.04. The Bertz CT molecular complexity index is 376. The maximum absolute atomic E-state index is 5.75. The molecule has 0 aliphatic rings. The summed E-state index contributed by atoms with van der Waals surface area (Å²) in [5.41, 5.74) is 7.02. The molecule has 2 aromatic rings. The van der Waals surface area contributed by atoms with Crippen LogP contribution in [0.2, 0.25) is 0 Å². The Balaban J connectivity index is 2.20. The first kappa shape index (κ1) is 7.92. The molecule has 66 valence electrons. The van der Waals surface area contributed by atoms with Crippen molar-refractivity contribution in [3.05, 3.63) is 54.2 Å². The Morgan fingerprint density at radius 1 is 1.00 bits per heavy atom. The zero-order valence-corrected chi connectivity index (χ0v) is 7.35. The van der Waals surface area contributed by atoms with Crippen LogP contribution in [0.4, 0.5) is 5.82 Å². The molecule has 1 aromatic carbocycles. The van der Waals surface area contributed by atoms with Crippen molar-refractivity contribution in [2.24, 2.45) is 0 Å². The van der Waals surface area contributed by atoms with Gasteiger partial charge in [0.05, 0.1) is 0 Å². The highest BCUT2D eigenvalue weighted by Gasteiger charge is 1.96. The molecular formula is C11H12N2. The third-order valence-electron chi connectivity index (χ3n) is 2.06.